The third-order valence-electron chi connectivity index (χ3n) is 5.46. The molecule has 1 aliphatic carbocycles. The van der Waals surface area contributed by atoms with E-state index in [-0.39, 0.29) is 17.2 Å². The number of aromatic nitrogens is 2. The van der Waals surface area contributed by atoms with E-state index >= 15 is 0 Å². The van der Waals surface area contributed by atoms with E-state index < -0.39 is 0 Å². The zero-order valence-corrected chi connectivity index (χ0v) is 20.3. The Hall–Kier alpha value is -2.29. The summed E-state index contributed by atoms with van der Waals surface area (Å²) < 4.78 is 7.05. The van der Waals surface area contributed by atoms with Crippen LogP contribution in [0.3, 0.4) is 0 Å². The molecule has 9 heteroatoms. The van der Waals surface area contributed by atoms with E-state index in [0.717, 1.165) is 29.7 Å². The number of carbonyl (C=O) groups is 1. The minimum absolute atomic E-state index is 0.122. The molecule has 1 atom stereocenters. The van der Waals surface area contributed by atoms with Crippen LogP contribution in [0.25, 0.3) is 15.9 Å². The highest BCUT2D eigenvalue weighted by molar-refractivity contribution is 7.99. The molecule has 0 aliphatic heterocycles. The van der Waals surface area contributed by atoms with Crippen LogP contribution < -0.4 is 15.6 Å². The normalized spacial score (nSPS) is 15.4. The molecule has 0 radical (unpaired) electrons. The molecular formula is C23H24ClN3O3S2. The van der Waals surface area contributed by atoms with Crippen molar-refractivity contribution in [2.45, 2.75) is 31.3 Å². The van der Waals surface area contributed by atoms with E-state index in [1.807, 2.05) is 0 Å². The van der Waals surface area contributed by atoms with Gasteiger partial charge in [0.05, 0.1) is 23.9 Å². The molecule has 2 heterocycles. The van der Waals surface area contributed by atoms with Gasteiger partial charge in [-0.3, -0.25) is 14.2 Å². The number of benzene rings is 1. The van der Waals surface area contributed by atoms with Gasteiger partial charge in [0.1, 0.15) is 10.6 Å². The monoisotopic (exact) mass is 489 g/mol. The average Bonchev–Trinajstić information content (AvgIpc) is 3.13. The molecule has 0 bridgehead atoms. The van der Waals surface area contributed by atoms with Crippen LogP contribution in [0.4, 0.5) is 0 Å². The molecule has 1 aromatic carbocycles. The Morgan fingerprint density at radius 3 is 3.06 bits per heavy atom. The van der Waals surface area contributed by atoms with E-state index in [1.165, 1.54) is 21.2 Å². The molecule has 2 aromatic heterocycles. The lowest BCUT2D eigenvalue weighted by atomic mass is 9.89. The van der Waals surface area contributed by atoms with Crippen LogP contribution in [0.15, 0.2) is 40.8 Å². The fourth-order valence-corrected chi connectivity index (χ4v) is 6.31. The smallest absolute Gasteiger partial charge is 0.267 e. The third kappa shape index (κ3) is 4.44. The molecule has 4 rings (SSSR count). The number of amides is 1. The molecule has 1 N–H and O–H groups in total. The maximum Gasteiger partial charge on any atom is 0.267 e. The Balaban J connectivity index is 1.89. The Kier molecular flexibility index (Phi) is 6.93. The Morgan fingerprint density at radius 1 is 1.50 bits per heavy atom. The summed E-state index contributed by atoms with van der Waals surface area (Å²) in [5.74, 6) is 1.06. The SMILES string of the molecule is C=CCNC(=O)CSc1nc2sc3c(c2c(=O)n1-c1cc(Cl)ccc1OC)CCC(C)C3. The summed E-state index contributed by atoms with van der Waals surface area (Å²) in [6.45, 7) is 6.23. The van der Waals surface area contributed by atoms with Crippen LogP contribution >= 0.6 is 34.7 Å². The second-order valence-corrected chi connectivity index (χ2v) is 10.2. The standard InChI is InChI=1S/C23H24ClN3O3S2/c1-4-9-25-19(28)12-31-23-26-21-20(15-7-5-13(2)10-18(15)32-21)22(29)27(23)16-11-14(24)6-8-17(16)30-3/h4,6,8,11,13H,1,5,7,9-10,12H2,2-3H3,(H,25,28). The first-order chi connectivity index (χ1) is 15.4. The molecule has 0 saturated carbocycles. The molecule has 0 spiro atoms. The summed E-state index contributed by atoms with van der Waals surface area (Å²) in [6.07, 6.45) is 4.51. The van der Waals surface area contributed by atoms with Crippen molar-refractivity contribution in [3.8, 4) is 11.4 Å². The number of fused-ring (bicyclic) bond motifs is 3. The highest BCUT2D eigenvalue weighted by atomic mass is 35.5. The van der Waals surface area contributed by atoms with Crippen molar-refractivity contribution in [2.75, 3.05) is 19.4 Å². The lowest BCUT2D eigenvalue weighted by Gasteiger charge is -2.18. The van der Waals surface area contributed by atoms with Crippen molar-refractivity contribution in [3.05, 3.63) is 56.7 Å². The van der Waals surface area contributed by atoms with Crippen LogP contribution in [0, 0.1) is 5.92 Å². The Bertz CT molecular complexity index is 1250. The van der Waals surface area contributed by atoms with Gasteiger partial charge in [0.15, 0.2) is 5.16 Å². The maximum atomic E-state index is 13.9. The number of thiophene rings is 1. The molecular weight excluding hydrogens is 466 g/mol. The van der Waals surface area contributed by atoms with Crippen LogP contribution in [0.1, 0.15) is 23.8 Å². The molecule has 3 aromatic rings. The number of hydrogen-bond acceptors (Lipinski definition) is 6. The van der Waals surface area contributed by atoms with Gasteiger partial charge in [0, 0.05) is 16.4 Å². The van der Waals surface area contributed by atoms with Crippen molar-refractivity contribution < 1.29 is 9.53 Å². The second kappa shape index (κ2) is 9.68. The van der Waals surface area contributed by atoms with Crippen LogP contribution in [-0.4, -0.2) is 34.9 Å². The second-order valence-electron chi connectivity index (χ2n) is 7.76. The van der Waals surface area contributed by atoms with Gasteiger partial charge in [-0.2, -0.15) is 0 Å². The number of methoxy groups -OCH3 is 1. The summed E-state index contributed by atoms with van der Waals surface area (Å²) in [5, 5.41) is 4.33. The summed E-state index contributed by atoms with van der Waals surface area (Å²) >= 11 is 9.07. The lowest BCUT2D eigenvalue weighted by molar-refractivity contribution is -0.118. The zero-order chi connectivity index (χ0) is 22.8. The van der Waals surface area contributed by atoms with E-state index in [4.69, 9.17) is 21.3 Å². The molecule has 0 fully saturated rings. The number of hydrogen-bond donors (Lipinski definition) is 1. The summed E-state index contributed by atoms with van der Waals surface area (Å²) in [5.41, 5.74) is 1.46. The van der Waals surface area contributed by atoms with E-state index in [0.29, 0.717) is 39.5 Å². The predicted molar refractivity (Wildman–Crippen MR) is 132 cm³/mol. The first-order valence-electron chi connectivity index (χ1n) is 10.3. The van der Waals surface area contributed by atoms with Gasteiger partial charge >= 0.3 is 0 Å². The Morgan fingerprint density at radius 2 is 2.31 bits per heavy atom. The quantitative estimate of drug-likeness (QED) is 0.297. The van der Waals surface area contributed by atoms with Crippen LogP contribution in [-0.2, 0) is 17.6 Å². The van der Waals surface area contributed by atoms with Crippen molar-refractivity contribution in [2.24, 2.45) is 5.92 Å². The van der Waals surface area contributed by atoms with E-state index in [9.17, 15) is 9.59 Å². The number of ether oxygens (including phenoxy) is 1. The molecule has 32 heavy (non-hydrogen) atoms. The fraction of sp³-hybridized carbons (Fsp3) is 0.348. The molecule has 1 aliphatic rings. The number of carbonyl (C=O) groups excluding carboxylic acids is 1. The van der Waals surface area contributed by atoms with Crippen LogP contribution in [0.2, 0.25) is 5.02 Å². The minimum atomic E-state index is -0.159. The number of thioether (sulfide) groups is 1. The average molecular weight is 490 g/mol. The van der Waals surface area contributed by atoms with Gasteiger partial charge in [0.2, 0.25) is 5.91 Å². The van der Waals surface area contributed by atoms with E-state index in [1.54, 1.807) is 42.7 Å². The number of aryl methyl sites for hydroxylation is 1. The zero-order valence-electron chi connectivity index (χ0n) is 17.9. The summed E-state index contributed by atoms with van der Waals surface area (Å²) in [4.78, 5) is 32.9. The maximum absolute atomic E-state index is 13.9. The van der Waals surface area contributed by atoms with E-state index in [2.05, 4.69) is 18.8 Å². The first kappa shape index (κ1) is 22.9. The topological polar surface area (TPSA) is 73.2 Å². The number of rotatable bonds is 7. The lowest BCUT2D eigenvalue weighted by Crippen LogP contribution is -2.27. The third-order valence-corrected chi connectivity index (χ3v) is 7.78. The highest BCUT2D eigenvalue weighted by Gasteiger charge is 2.26. The minimum Gasteiger partial charge on any atom is -0.495 e. The van der Waals surface area contributed by atoms with Gasteiger partial charge in [-0.25, -0.2) is 4.98 Å². The Labute approximate surface area is 199 Å². The number of nitrogens with one attached hydrogen (secondary N) is 1. The molecule has 0 saturated heterocycles. The van der Waals surface area contributed by atoms with Crippen molar-refractivity contribution >= 4 is 50.8 Å². The predicted octanol–water partition coefficient (Wildman–Crippen LogP) is 4.63. The first-order valence-corrected chi connectivity index (χ1v) is 12.5. The molecule has 168 valence electrons. The molecule has 1 unspecified atom stereocenters. The van der Waals surface area contributed by atoms with Gasteiger partial charge in [-0.15, -0.1) is 17.9 Å². The van der Waals surface area contributed by atoms with Gasteiger partial charge < -0.3 is 10.1 Å². The highest BCUT2D eigenvalue weighted by Crippen LogP contribution is 2.37. The van der Waals surface area contributed by atoms with Gasteiger partial charge in [-0.05, 0) is 48.9 Å². The van der Waals surface area contributed by atoms with Crippen molar-refractivity contribution in [1.82, 2.24) is 14.9 Å². The van der Waals surface area contributed by atoms with Crippen LogP contribution in [0.5, 0.6) is 5.75 Å². The largest absolute Gasteiger partial charge is 0.495 e. The summed E-state index contributed by atoms with van der Waals surface area (Å²) in [6, 6.07) is 5.13. The van der Waals surface area contributed by atoms with Crippen molar-refractivity contribution in [3.63, 3.8) is 0 Å². The van der Waals surface area contributed by atoms with Gasteiger partial charge in [-0.1, -0.05) is 36.4 Å². The number of nitrogens with zero attached hydrogens (tertiary/aromatic N) is 2. The summed E-state index contributed by atoms with van der Waals surface area (Å²) in [7, 11) is 1.55. The molecule has 1 amide bonds. The van der Waals surface area contributed by atoms with Crippen molar-refractivity contribution in [1.29, 1.82) is 0 Å². The van der Waals surface area contributed by atoms with Gasteiger partial charge in [0.25, 0.3) is 5.56 Å². The fourth-order valence-electron chi connectivity index (χ4n) is 3.89. The number of halogens is 1. The molecule has 6 nitrogen and oxygen atoms in total.